The van der Waals surface area contributed by atoms with Gasteiger partial charge in [-0.3, -0.25) is 14.6 Å². The summed E-state index contributed by atoms with van der Waals surface area (Å²) < 4.78 is 0. The van der Waals surface area contributed by atoms with Crippen molar-refractivity contribution in [3.63, 3.8) is 0 Å². The van der Waals surface area contributed by atoms with E-state index in [1.54, 1.807) is 18.3 Å². The fraction of sp³-hybridized carbons (Fsp3) is 0.409. The zero-order chi connectivity index (χ0) is 20.1. The van der Waals surface area contributed by atoms with Crippen molar-refractivity contribution in [2.24, 2.45) is 17.1 Å². The van der Waals surface area contributed by atoms with E-state index in [1.807, 2.05) is 29.2 Å². The van der Waals surface area contributed by atoms with E-state index in [0.29, 0.717) is 30.9 Å². The van der Waals surface area contributed by atoms with Gasteiger partial charge in [-0.1, -0.05) is 26.0 Å². The number of nitrogens with one attached hydrogen (secondary N) is 1. The summed E-state index contributed by atoms with van der Waals surface area (Å²) in [4.78, 5) is 31.0. The lowest BCUT2D eigenvalue weighted by atomic mass is 9.92. The second-order valence-electron chi connectivity index (χ2n) is 8.23. The van der Waals surface area contributed by atoms with Crippen molar-refractivity contribution in [1.29, 1.82) is 0 Å². The molecule has 148 valence electrons. The number of nitrogens with zero attached hydrogens (tertiary/aromatic N) is 2. The highest BCUT2D eigenvalue weighted by atomic mass is 16.2. The molecule has 0 spiro atoms. The fourth-order valence-electron chi connectivity index (χ4n) is 3.05. The van der Waals surface area contributed by atoms with Crippen LogP contribution in [0.3, 0.4) is 0 Å². The highest BCUT2D eigenvalue weighted by Gasteiger charge is 2.35. The van der Waals surface area contributed by atoms with Crippen molar-refractivity contribution in [2.75, 3.05) is 18.4 Å². The molecule has 1 aliphatic rings. The third kappa shape index (κ3) is 5.39. The molecular weight excluding hydrogens is 352 g/mol. The van der Waals surface area contributed by atoms with Crippen LogP contribution in [0.15, 0.2) is 48.8 Å². The number of nitrogens with two attached hydrogens (primary N) is 1. The fourth-order valence-corrected chi connectivity index (χ4v) is 3.05. The highest BCUT2D eigenvalue weighted by molar-refractivity contribution is 6.04. The second-order valence-corrected chi connectivity index (χ2v) is 8.23. The minimum absolute atomic E-state index is 0.142. The van der Waals surface area contributed by atoms with Crippen LogP contribution in [-0.4, -0.2) is 34.8 Å². The molecule has 6 nitrogen and oxygen atoms in total. The number of rotatable bonds is 8. The molecule has 0 bridgehead atoms. The lowest BCUT2D eigenvalue weighted by molar-refractivity contribution is -0.134. The third-order valence-corrected chi connectivity index (χ3v) is 4.89. The molecule has 0 radical (unpaired) electrons. The van der Waals surface area contributed by atoms with E-state index < -0.39 is 0 Å². The van der Waals surface area contributed by atoms with E-state index in [0.717, 1.165) is 18.4 Å². The van der Waals surface area contributed by atoms with Crippen molar-refractivity contribution >= 4 is 17.5 Å². The van der Waals surface area contributed by atoms with Crippen LogP contribution in [0.1, 0.15) is 42.6 Å². The molecule has 3 rings (SSSR count). The lowest BCUT2D eigenvalue weighted by Crippen LogP contribution is -2.42. The predicted molar refractivity (Wildman–Crippen MR) is 110 cm³/mol. The molecule has 0 saturated heterocycles. The van der Waals surface area contributed by atoms with Gasteiger partial charge in [0.25, 0.3) is 5.91 Å². The van der Waals surface area contributed by atoms with Crippen molar-refractivity contribution in [2.45, 2.75) is 33.2 Å². The SMILES string of the molecule is CC(C)(CN)CN(Cc1cccc(NC(=O)c2cccnc2)c1)C(=O)C1CC1. The molecule has 1 fully saturated rings. The minimum Gasteiger partial charge on any atom is -0.338 e. The molecule has 3 N–H and O–H groups in total. The summed E-state index contributed by atoms with van der Waals surface area (Å²) in [5.41, 5.74) is 7.92. The number of pyridine rings is 1. The van der Waals surface area contributed by atoms with Crippen LogP contribution in [0.4, 0.5) is 5.69 Å². The Morgan fingerprint density at radius 3 is 2.68 bits per heavy atom. The van der Waals surface area contributed by atoms with E-state index in [-0.39, 0.29) is 23.1 Å². The number of anilines is 1. The number of carbonyl (C=O) groups is 2. The quantitative estimate of drug-likeness (QED) is 0.737. The molecule has 1 aromatic heterocycles. The normalized spacial score (nSPS) is 13.8. The monoisotopic (exact) mass is 380 g/mol. The number of benzene rings is 1. The van der Waals surface area contributed by atoms with E-state index in [1.165, 1.54) is 6.20 Å². The Balaban J connectivity index is 1.72. The molecule has 0 aliphatic heterocycles. The average molecular weight is 380 g/mol. The predicted octanol–water partition coefficient (Wildman–Crippen LogP) is 3.06. The molecule has 2 amide bonds. The average Bonchev–Trinajstić information content (AvgIpc) is 3.53. The van der Waals surface area contributed by atoms with Crippen molar-refractivity contribution < 1.29 is 9.59 Å². The molecule has 1 saturated carbocycles. The maximum absolute atomic E-state index is 12.8. The number of carbonyl (C=O) groups excluding carboxylic acids is 2. The largest absolute Gasteiger partial charge is 0.338 e. The van der Waals surface area contributed by atoms with Gasteiger partial charge in [0.2, 0.25) is 5.91 Å². The summed E-state index contributed by atoms with van der Waals surface area (Å²) in [6, 6.07) is 11.1. The molecule has 28 heavy (non-hydrogen) atoms. The summed E-state index contributed by atoms with van der Waals surface area (Å²) in [6.07, 6.45) is 5.11. The van der Waals surface area contributed by atoms with Crippen molar-refractivity contribution in [3.8, 4) is 0 Å². The summed E-state index contributed by atoms with van der Waals surface area (Å²) in [7, 11) is 0. The Bertz CT molecular complexity index is 831. The van der Waals surface area contributed by atoms with Crippen molar-refractivity contribution in [3.05, 3.63) is 59.9 Å². The van der Waals surface area contributed by atoms with Crippen LogP contribution in [-0.2, 0) is 11.3 Å². The van der Waals surface area contributed by atoms with Gasteiger partial charge in [-0.25, -0.2) is 0 Å². The number of amides is 2. The van der Waals surface area contributed by atoms with E-state index in [2.05, 4.69) is 24.1 Å². The molecule has 1 heterocycles. The second kappa shape index (κ2) is 8.52. The summed E-state index contributed by atoms with van der Waals surface area (Å²) in [5, 5.41) is 2.89. The lowest BCUT2D eigenvalue weighted by Gasteiger charge is -2.32. The van der Waals surface area contributed by atoms with Crippen LogP contribution < -0.4 is 11.1 Å². The summed E-state index contributed by atoms with van der Waals surface area (Å²) in [5.74, 6) is 0.147. The molecule has 1 aliphatic carbocycles. The number of aromatic nitrogens is 1. The van der Waals surface area contributed by atoms with Gasteiger partial charge in [0, 0.05) is 37.1 Å². The van der Waals surface area contributed by atoms with Gasteiger partial charge in [0.15, 0.2) is 0 Å². The standard InChI is InChI=1S/C22H28N4O2/c1-22(2,14-23)15-26(21(28)17-8-9-17)13-16-5-3-7-19(11-16)25-20(27)18-6-4-10-24-12-18/h3-7,10-12,17H,8-9,13-15,23H2,1-2H3,(H,25,27). The molecule has 2 aromatic rings. The third-order valence-electron chi connectivity index (χ3n) is 4.89. The van der Waals surface area contributed by atoms with Crippen LogP contribution in [0.5, 0.6) is 0 Å². The number of hydrogen-bond acceptors (Lipinski definition) is 4. The zero-order valence-electron chi connectivity index (χ0n) is 16.5. The molecule has 6 heteroatoms. The van der Waals surface area contributed by atoms with Crippen LogP contribution in [0.2, 0.25) is 0 Å². The molecule has 1 aromatic carbocycles. The molecule has 0 unspecified atom stereocenters. The Hall–Kier alpha value is -2.73. The minimum atomic E-state index is -0.208. The Labute approximate surface area is 166 Å². The summed E-state index contributed by atoms with van der Waals surface area (Å²) in [6.45, 7) is 5.79. The van der Waals surface area contributed by atoms with Crippen LogP contribution in [0.25, 0.3) is 0 Å². The first-order valence-corrected chi connectivity index (χ1v) is 9.67. The van der Waals surface area contributed by atoms with Gasteiger partial charge in [0.1, 0.15) is 0 Å². The maximum Gasteiger partial charge on any atom is 0.257 e. The van der Waals surface area contributed by atoms with Gasteiger partial charge in [0.05, 0.1) is 5.56 Å². The zero-order valence-corrected chi connectivity index (χ0v) is 16.5. The highest BCUT2D eigenvalue weighted by Crippen LogP contribution is 2.32. The first-order chi connectivity index (χ1) is 13.4. The van der Waals surface area contributed by atoms with Crippen LogP contribution in [0, 0.1) is 11.3 Å². The smallest absolute Gasteiger partial charge is 0.257 e. The molecule has 0 atom stereocenters. The maximum atomic E-state index is 12.8. The van der Waals surface area contributed by atoms with E-state index >= 15 is 0 Å². The van der Waals surface area contributed by atoms with E-state index in [9.17, 15) is 9.59 Å². The summed E-state index contributed by atoms with van der Waals surface area (Å²) >= 11 is 0. The van der Waals surface area contributed by atoms with E-state index in [4.69, 9.17) is 5.73 Å². The molecular formula is C22H28N4O2. The number of hydrogen-bond donors (Lipinski definition) is 2. The van der Waals surface area contributed by atoms with Gasteiger partial charge in [-0.2, -0.15) is 0 Å². The van der Waals surface area contributed by atoms with Gasteiger partial charge >= 0.3 is 0 Å². The Morgan fingerprint density at radius 1 is 1.25 bits per heavy atom. The first kappa shape index (κ1) is 20.0. The topological polar surface area (TPSA) is 88.3 Å². The van der Waals surface area contributed by atoms with Gasteiger partial charge in [-0.15, -0.1) is 0 Å². The van der Waals surface area contributed by atoms with Gasteiger partial charge in [-0.05, 0) is 54.6 Å². The van der Waals surface area contributed by atoms with Crippen molar-refractivity contribution in [1.82, 2.24) is 9.88 Å². The first-order valence-electron chi connectivity index (χ1n) is 9.67. The Kier molecular flexibility index (Phi) is 6.09. The van der Waals surface area contributed by atoms with Gasteiger partial charge < -0.3 is 16.0 Å². The van der Waals surface area contributed by atoms with Crippen LogP contribution >= 0.6 is 0 Å². The Morgan fingerprint density at radius 2 is 2.04 bits per heavy atom.